The van der Waals surface area contributed by atoms with Gasteiger partial charge in [0.1, 0.15) is 12.6 Å². The van der Waals surface area contributed by atoms with E-state index in [0.29, 0.717) is 20.6 Å². The molecule has 3 aromatic carbocycles. The molecule has 11 heteroatoms. The first-order valence-electron chi connectivity index (χ1n) is 13.4. The second-order valence-electron chi connectivity index (χ2n) is 11.2. The monoisotopic (exact) mass is 651 g/mol. The molecule has 3 rings (SSSR count). The van der Waals surface area contributed by atoms with E-state index in [1.807, 2.05) is 27.7 Å². The van der Waals surface area contributed by atoms with Gasteiger partial charge in [0.2, 0.25) is 11.8 Å². The summed E-state index contributed by atoms with van der Waals surface area (Å²) < 4.78 is 29.0. The van der Waals surface area contributed by atoms with Crippen molar-refractivity contribution in [2.75, 3.05) is 10.8 Å². The molecular weight excluding hydrogens is 617 g/mol. The lowest BCUT2D eigenvalue weighted by atomic mass is 10.1. The number of sulfonamides is 1. The molecule has 0 bridgehead atoms. The van der Waals surface area contributed by atoms with Gasteiger partial charge in [-0.05, 0) is 88.6 Å². The van der Waals surface area contributed by atoms with Crippen LogP contribution in [0.5, 0.6) is 0 Å². The van der Waals surface area contributed by atoms with Crippen molar-refractivity contribution in [3.05, 3.63) is 92.4 Å². The van der Waals surface area contributed by atoms with E-state index in [1.54, 1.807) is 56.3 Å². The van der Waals surface area contributed by atoms with Crippen LogP contribution < -0.4 is 9.62 Å². The number of hydrogen-bond acceptors (Lipinski definition) is 4. The van der Waals surface area contributed by atoms with Crippen molar-refractivity contribution in [3.63, 3.8) is 0 Å². The zero-order valence-corrected chi connectivity index (χ0v) is 27.6. The van der Waals surface area contributed by atoms with Crippen molar-refractivity contribution in [2.45, 2.75) is 71.0 Å². The minimum absolute atomic E-state index is 0.0161. The van der Waals surface area contributed by atoms with Crippen LogP contribution in [0.2, 0.25) is 15.1 Å². The summed E-state index contributed by atoms with van der Waals surface area (Å²) in [6.07, 6.45) is 0.278. The van der Waals surface area contributed by atoms with Gasteiger partial charge in [0, 0.05) is 27.2 Å². The Morgan fingerprint density at radius 3 is 2.10 bits per heavy atom. The smallest absolute Gasteiger partial charge is 0.264 e. The Morgan fingerprint density at radius 2 is 1.55 bits per heavy atom. The third kappa shape index (κ3) is 8.40. The predicted octanol–water partition coefficient (Wildman–Crippen LogP) is 7.18. The van der Waals surface area contributed by atoms with Crippen LogP contribution in [0.3, 0.4) is 0 Å². The second-order valence-corrected chi connectivity index (χ2v) is 14.3. The van der Waals surface area contributed by atoms with Gasteiger partial charge < -0.3 is 10.2 Å². The minimum atomic E-state index is -4.21. The van der Waals surface area contributed by atoms with Gasteiger partial charge in [-0.25, -0.2) is 8.42 Å². The van der Waals surface area contributed by atoms with E-state index in [1.165, 1.54) is 23.1 Å². The van der Waals surface area contributed by atoms with Crippen LogP contribution in [0.25, 0.3) is 0 Å². The molecule has 2 amide bonds. The SMILES string of the molecule is CC[C@H](C(=O)NC(C)(C)C)N(Cc1ccc(Cl)cc1Cl)C(=O)CN(c1ccc(C)c(Cl)c1)S(=O)(=O)c1ccc(C)cc1. The van der Waals surface area contributed by atoms with Gasteiger partial charge in [-0.2, -0.15) is 0 Å². The lowest BCUT2D eigenvalue weighted by molar-refractivity contribution is -0.141. The van der Waals surface area contributed by atoms with E-state index in [9.17, 15) is 18.0 Å². The van der Waals surface area contributed by atoms with E-state index in [2.05, 4.69) is 5.32 Å². The Kier molecular flexibility index (Phi) is 11.0. The number of nitrogens with zero attached hydrogens (tertiary/aromatic N) is 2. The lowest BCUT2D eigenvalue weighted by Crippen LogP contribution is -2.55. The summed E-state index contributed by atoms with van der Waals surface area (Å²) in [6.45, 7) is 10.3. The Morgan fingerprint density at radius 1 is 0.905 bits per heavy atom. The van der Waals surface area contributed by atoms with Crippen molar-refractivity contribution >= 4 is 62.3 Å². The Labute approximate surface area is 263 Å². The van der Waals surface area contributed by atoms with E-state index < -0.39 is 34.1 Å². The number of anilines is 1. The van der Waals surface area contributed by atoms with Crippen molar-refractivity contribution in [1.29, 1.82) is 0 Å². The number of hydrogen-bond donors (Lipinski definition) is 1. The first kappa shape index (κ1) is 33.7. The van der Waals surface area contributed by atoms with Gasteiger partial charge in [0.25, 0.3) is 10.0 Å². The van der Waals surface area contributed by atoms with Gasteiger partial charge >= 0.3 is 0 Å². The van der Waals surface area contributed by atoms with Gasteiger partial charge in [0.15, 0.2) is 0 Å². The molecule has 0 fully saturated rings. The Balaban J connectivity index is 2.12. The molecular formula is C31H36Cl3N3O4S. The summed E-state index contributed by atoms with van der Waals surface area (Å²) >= 11 is 19.0. The maximum absolute atomic E-state index is 14.2. The molecule has 3 aromatic rings. The molecule has 0 aliphatic carbocycles. The average Bonchev–Trinajstić information content (AvgIpc) is 2.89. The van der Waals surface area contributed by atoms with Crippen LogP contribution in [0.15, 0.2) is 65.6 Å². The van der Waals surface area contributed by atoms with E-state index in [-0.39, 0.29) is 29.5 Å². The van der Waals surface area contributed by atoms with Crippen LogP contribution in [-0.2, 0) is 26.2 Å². The summed E-state index contributed by atoms with van der Waals surface area (Å²) in [6, 6.07) is 15.1. The number of aryl methyl sites for hydroxylation is 2. The fourth-order valence-electron chi connectivity index (χ4n) is 4.31. The fourth-order valence-corrected chi connectivity index (χ4v) is 6.36. The van der Waals surface area contributed by atoms with Crippen LogP contribution in [-0.4, -0.2) is 43.3 Å². The molecule has 0 aliphatic heterocycles. The van der Waals surface area contributed by atoms with E-state index in [4.69, 9.17) is 34.8 Å². The minimum Gasteiger partial charge on any atom is -0.350 e. The normalized spacial score (nSPS) is 12.5. The third-order valence-electron chi connectivity index (χ3n) is 6.57. The zero-order chi connectivity index (χ0) is 31.4. The average molecular weight is 653 g/mol. The molecule has 0 saturated heterocycles. The number of carbonyl (C=O) groups excluding carboxylic acids is 2. The molecule has 0 unspecified atom stereocenters. The number of rotatable bonds is 10. The first-order valence-corrected chi connectivity index (χ1v) is 16.0. The Hall–Kier alpha value is -2.78. The quantitative estimate of drug-likeness (QED) is 0.251. The molecule has 226 valence electrons. The van der Waals surface area contributed by atoms with Gasteiger partial charge in [0.05, 0.1) is 10.6 Å². The fraction of sp³-hybridized carbons (Fsp3) is 0.355. The summed E-state index contributed by atoms with van der Waals surface area (Å²) in [5.74, 6) is -0.959. The number of halogens is 3. The summed E-state index contributed by atoms with van der Waals surface area (Å²) in [5.41, 5.74) is 1.86. The van der Waals surface area contributed by atoms with Crippen molar-refractivity contribution in [1.82, 2.24) is 10.2 Å². The maximum Gasteiger partial charge on any atom is 0.264 e. The zero-order valence-electron chi connectivity index (χ0n) is 24.5. The van der Waals surface area contributed by atoms with Crippen LogP contribution in [0, 0.1) is 13.8 Å². The second kappa shape index (κ2) is 13.7. The van der Waals surface area contributed by atoms with Gasteiger partial charge in [-0.3, -0.25) is 13.9 Å². The number of carbonyl (C=O) groups is 2. The summed E-state index contributed by atoms with van der Waals surface area (Å²) in [7, 11) is -4.21. The standard InChI is InChI=1S/C31H36Cl3N3O4S/c1-7-28(30(39)35-31(4,5)6)36(18-22-11-12-23(32)16-27(22)34)29(38)19-37(24-13-10-21(3)26(33)17-24)42(40,41)25-14-8-20(2)9-15-25/h8-17,28H,7,18-19H2,1-6H3,(H,35,39)/t28-/m1/s1. The first-order chi connectivity index (χ1) is 19.5. The van der Waals surface area contributed by atoms with Gasteiger partial charge in [-0.15, -0.1) is 0 Å². The van der Waals surface area contributed by atoms with Crippen LogP contribution in [0.1, 0.15) is 50.8 Å². The van der Waals surface area contributed by atoms with Crippen LogP contribution >= 0.6 is 34.8 Å². The summed E-state index contributed by atoms with van der Waals surface area (Å²) in [5, 5.41) is 4.03. The van der Waals surface area contributed by atoms with E-state index in [0.717, 1.165) is 15.4 Å². The molecule has 0 aliphatic rings. The lowest BCUT2D eigenvalue weighted by Gasteiger charge is -2.35. The Bertz CT molecular complexity index is 1550. The molecule has 0 aromatic heterocycles. The molecule has 42 heavy (non-hydrogen) atoms. The highest BCUT2D eigenvalue weighted by Crippen LogP contribution is 2.30. The number of amides is 2. The molecule has 0 heterocycles. The molecule has 0 spiro atoms. The maximum atomic E-state index is 14.2. The molecule has 0 radical (unpaired) electrons. The largest absolute Gasteiger partial charge is 0.350 e. The van der Waals surface area contributed by atoms with Crippen molar-refractivity contribution in [2.24, 2.45) is 0 Å². The highest BCUT2D eigenvalue weighted by atomic mass is 35.5. The molecule has 1 atom stereocenters. The topological polar surface area (TPSA) is 86.8 Å². The molecule has 1 N–H and O–H groups in total. The number of nitrogens with one attached hydrogen (secondary N) is 1. The highest BCUT2D eigenvalue weighted by Gasteiger charge is 2.35. The molecule has 0 saturated carbocycles. The molecule has 7 nitrogen and oxygen atoms in total. The summed E-state index contributed by atoms with van der Waals surface area (Å²) in [4.78, 5) is 29.0. The van der Waals surface area contributed by atoms with E-state index >= 15 is 0 Å². The van der Waals surface area contributed by atoms with Crippen LogP contribution in [0.4, 0.5) is 5.69 Å². The predicted molar refractivity (Wildman–Crippen MR) is 171 cm³/mol. The highest BCUT2D eigenvalue weighted by molar-refractivity contribution is 7.92. The third-order valence-corrected chi connectivity index (χ3v) is 9.35. The van der Waals surface area contributed by atoms with Crippen molar-refractivity contribution < 1.29 is 18.0 Å². The van der Waals surface area contributed by atoms with Crippen molar-refractivity contribution in [3.8, 4) is 0 Å². The number of benzene rings is 3. The van der Waals surface area contributed by atoms with Gasteiger partial charge in [-0.1, -0.05) is 71.6 Å².